The van der Waals surface area contributed by atoms with Crippen molar-refractivity contribution < 1.29 is 14.3 Å². The maximum Gasteiger partial charge on any atom is 0.257 e. The Hall–Kier alpha value is -3.80. The summed E-state index contributed by atoms with van der Waals surface area (Å²) in [7, 11) is 0. The smallest absolute Gasteiger partial charge is 0.257 e. The van der Waals surface area contributed by atoms with Crippen molar-refractivity contribution in [2.45, 2.75) is 26.2 Å². The van der Waals surface area contributed by atoms with Crippen molar-refractivity contribution in [1.29, 1.82) is 0 Å². The molecule has 4 rings (SSSR count). The van der Waals surface area contributed by atoms with E-state index in [0.29, 0.717) is 55.6 Å². The molecule has 6 heteroatoms. The lowest BCUT2D eigenvalue weighted by atomic mass is 10.1. The van der Waals surface area contributed by atoms with Crippen LogP contribution in [-0.4, -0.2) is 23.9 Å². The Morgan fingerprint density at radius 3 is 2.08 bits per heavy atom. The van der Waals surface area contributed by atoms with E-state index >= 15 is 0 Å². The van der Waals surface area contributed by atoms with Crippen molar-refractivity contribution in [3.8, 4) is 11.5 Å². The number of nitrogens with zero attached hydrogens (tertiary/aromatic N) is 1. The minimum atomic E-state index is -0.0832. The van der Waals surface area contributed by atoms with Gasteiger partial charge in [0.1, 0.15) is 24.7 Å². The third-order valence-electron chi connectivity index (χ3n) is 5.89. The number of amides is 1. The lowest BCUT2D eigenvalue weighted by Gasteiger charge is -2.24. The van der Waals surface area contributed by atoms with Crippen molar-refractivity contribution in [2.24, 2.45) is 5.73 Å². The van der Waals surface area contributed by atoms with Gasteiger partial charge in [0.05, 0.1) is 5.56 Å². The van der Waals surface area contributed by atoms with Crippen LogP contribution in [0.1, 0.15) is 33.5 Å². The van der Waals surface area contributed by atoms with E-state index < -0.39 is 0 Å². The zero-order valence-corrected chi connectivity index (χ0v) is 21.4. The summed E-state index contributed by atoms with van der Waals surface area (Å²) >= 11 is 5.95. The van der Waals surface area contributed by atoms with E-state index in [9.17, 15) is 4.79 Å². The normalized spacial score (nSPS) is 10.6. The SMILES string of the molecule is NCCCN(Cc1ccc(OCc2ccc(Cl)cc2)cc1)C(=O)c1ccccc1OCc1ccccc1. The Morgan fingerprint density at radius 2 is 1.35 bits per heavy atom. The van der Waals surface area contributed by atoms with Gasteiger partial charge in [-0.15, -0.1) is 0 Å². The summed E-state index contributed by atoms with van der Waals surface area (Å²) in [6, 6.07) is 32.7. The van der Waals surface area contributed by atoms with Gasteiger partial charge in [-0.25, -0.2) is 0 Å². The van der Waals surface area contributed by atoms with Gasteiger partial charge < -0.3 is 20.1 Å². The number of hydrogen-bond donors (Lipinski definition) is 1. The maximum atomic E-state index is 13.6. The van der Waals surface area contributed by atoms with Gasteiger partial charge in [-0.05, 0) is 66.1 Å². The molecular weight excluding hydrogens is 484 g/mol. The van der Waals surface area contributed by atoms with Crippen molar-refractivity contribution >= 4 is 17.5 Å². The molecule has 5 nitrogen and oxygen atoms in total. The summed E-state index contributed by atoms with van der Waals surface area (Å²) in [5.74, 6) is 1.25. The highest BCUT2D eigenvalue weighted by Gasteiger charge is 2.20. The second-order valence-electron chi connectivity index (χ2n) is 8.70. The zero-order chi connectivity index (χ0) is 25.9. The summed E-state index contributed by atoms with van der Waals surface area (Å²) in [5.41, 5.74) is 9.41. The monoisotopic (exact) mass is 514 g/mol. The first-order valence-electron chi connectivity index (χ1n) is 12.3. The Kier molecular flexibility index (Phi) is 9.58. The number of nitrogens with two attached hydrogens (primary N) is 1. The minimum Gasteiger partial charge on any atom is -0.489 e. The second-order valence-corrected chi connectivity index (χ2v) is 9.13. The van der Waals surface area contributed by atoms with Crippen LogP contribution in [0.3, 0.4) is 0 Å². The van der Waals surface area contributed by atoms with Crippen molar-refractivity contribution in [1.82, 2.24) is 4.90 Å². The molecule has 0 aliphatic heterocycles. The number of rotatable bonds is 12. The average Bonchev–Trinajstić information content (AvgIpc) is 2.95. The summed E-state index contributed by atoms with van der Waals surface area (Å²) < 4.78 is 11.9. The molecule has 37 heavy (non-hydrogen) atoms. The first-order valence-corrected chi connectivity index (χ1v) is 12.7. The molecule has 0 spiro atoms. The largest absolute Gasteiger partial charge is 0.489 e. The molecule has 0 bridgehead atoms. The Bertz CT molecular complexity index is 1260. The van der Waals surface area contributed by atoms with E-state index in [-0.39, 0.29) is 5.91 Å². The molecule has 0 heterocycles. The van der Waals surface area contributed by atoms with Crippen LogP contribution in [0.15, 0.2) is 103 Å². The second kappa shape index (κ2) is 13.5. The molecule has 0 aliphatic rings. The van der Waals surface area contributed by atoms with E-state index in [0.717, 1.165) is 22.4 Å². The fourth-order valence-corrected chi connectivity index (χ4v) is 3.99. The fourth-order valence-electron chi connectivity index (χ4n) is 3.87. The van der Waals surface area contributed by atoms with Crippen molar-refractivity contribution in [2.75, 3.05) is 13.1 Å². The molecule has 0 saturated carbocycles. The van der Waals surface area contributed by atoms with Gasteiger partial charge in [-0.1, -0.05) is 78.3 Å². The van der Waals surface area contributed by atoms with Crippen LogP contribution in [0.25, 0.3) is 0 Å². The summed E-state index contributed by atoms with van der Waals surface area (Å²) in [5, 5.41) is 0.701. The van der Waals surface area contributed by atoms with E-state index in [1.807, 2.05) is 108 Å². The Balaban J connectivity index is 1.42. The van der Waals surface area contributed by atoms with Crippen LogP contribution < -0.4 is 15.2 Å². The lowest BCUT2D eigenvalue weighted by Crippen LogP contribution is -2.32. The van der Waals surface area contributed by atoms with Gasteiger partial charge in [-0.3, -0.25) is 4.79 Å². The van der Waals surface area contributed by atoms with Crippen LogP contribution in [0.4, 0.5) is 0 Å². The molecule has 0 saturated heterocycles. The molecule has 0 unspecified atom stereocenters. The predicted octanol–water partition coefficient (Wildman–Crippen LogP) is 6.49. The number of halogens is 1. The number of ether oxygens (including phenoxy) is 2. The molecule has 0 fully saturated rings. The van der Waals surface area contributed by atoms with E-state index in [4.69, 9.17) is 26.8 Å². The number of para-hydroxylation sites is 1. The molecule has 0 radical (unpaired) electrons. The van der Waals surface area contributed by atoms with Crippen LogP contribution >= 0.6 is 11.6 Å². The first-order chi connectivity index (χ1) is 18.1. The highest BCUT2D eigenvalue weighted by molar-refractivity contribution is 6.30. The molecule has 0 atom stereocenters. The summed E-state index contributed by atoms with van der Waals surface area (Å²) in [6.45, 7) is 2.37. The highest BCUT2D eigenvalue weighted by Crippen LogP contribution is 2.23. The minimum absolute atomic E-state index is 0.0832. The van der Waals surface area contributed by atoms with Crippen LogP contribution in [0.5, 0.6) is 11.5 Å². The third-order valence-corrected chi connectivity index (χ3v) is 6.14. The Morgan fingerprint density at radius 1 is 0.730 bits per heavy atom. The van der Waals surface area contributed by atoms with Gasteiger partial charge >= 0.3 is 0 Å². The number of carbonyl (C=O) groups is 1. The third kappa shape index (κ3) is 7.84. The van der Waals surface area contributed by atoms with E-state index in [1.54, 1.807) is 0 Å². The standard InChI is InChI=1S/C31H31ClN2O3/c32-27-15-11-26(12-16-27)22-36-28-17-13-24(14-18-28)21-34(20-6-19-33)31(35)29-9-4-5-10-30(29)37-23-25-7-2-1-3-8-25/h1-5,7-18H,6,19-23,33H2. The molecule has 4 aromatic rings. The van der Waals surface area contributed by atoms with Crippen molar-refractivity contribution in [3.05, 3.63) is 130 Å². The number of benzene rings is 4. The molecule has 0 aromatic heterocycles. The van der Waals surface area contributed by atoms with Crippen LogP contribution in [-0.2, 0) is 19.8 Å². The highest BCUT2D eigenvalue weighted by atomic mass is 35.5. The fraction of sp³-hybridized carbons (Fsp3) is 0.194. The zero-order valence-electron chi connectivity index (χ0n) is 20.7. The Labute approximate surface area is 223 Å². The molecule has 0 aliphatic carbocycles. The number of carbonyl (C=O) groups excluding carboxylic acids is 1. The molecule has 4 aromatic carbocycles. The topological polar surface area (TPSA) is 64.8 Å². The van der Waals surface area contributed by atoms with E-state index in [2.05, 4.69) is 0 Å². The molecule has 2 N–H and O–H groups in total. The maximum absolute atomic E-state index is 13.6. The predicted molar refractivity (Wildman–Crippen MR) is 148 cm³/mol. The summed E-state index contributed by atoms with van der Waals surface area (Å²) in [6.07, 6.45) is 0.709. The first kappa shape index (κ1) is 26.3. The van der Waals surface area contributed by atoms with Gasteiger partial charge in [-0.2, -0.15) is 0 Å². The average molecular weight is 515 g/mol. The van der Waals surface area contributed by atoms with E-state index in [1.165, 1.54) is 0 Å². The van der Waals surface area contributed by atoms with Crippen LogP contribution in [0.2, 0.25) is 5.02 Å². The molecule has 1 amide bonds. The van der Waals surface area contributed by atoms with Gasteiger partial charge in [0, 0.05) is 18.1 Å². The quantitative estimate of drug-likeness (QED) is 0.235. The number of hydrogen-bond acceptors (Lipinski definition) is 4. The van der Waals surface area contributed by atoms with Gasteiger partial charge in [0.25, 0.3) is 5.91 Å². The molecular formula is C31H31ClN2O3. The van der Waals surface area contributed by atoms with Gasteiger partial charge in [0.2, 0.25) is 0 Å². The van der Waals surface area contributed by atoms with Gasteiger partial charge in [0.15, 0.2) is 0 Å². The van der Waals surface area contributed by atoms with Crippen LogP contribution in [0, 0.1) is 0 Å². The molecule has 190 valence electrons. The lowest BCUT2D eigenvalue weighted by molar-refractivity contribution is 0.0737. The van der Waals surface area contributed by atoms with Crippen molar-refractivity contribution in [3.63, 3.8) is 0 Å². The summed E-state index contributed by atoms with van der Waals surface area (Å²) in [4.78, 5) is 15.4.